The number of ether oxygens (including phenoxy) is 1. The largest absolute Gasteiger partial charge is 0.394 e. The van der Waals surface area contributed by atoms with Crippen molar-refractivity contribution in [3.05, 3.63) is 0 Å². The first kappa shape index (κ1) is 17.2. The Morgan fingerprint density at radius 1 is 1.54 bits per heavy atom. The third-order valence-corrected chi connectivity index (χ3v) is 4.43. The van der Waals surface area contributed by atoms with Crippen LogP contribution in [0.4, 0.5) is 0 Å². The second-order valence-corrected chi connectivity index (χ2v) is 7.28. The molecule has 24 heavy (non-hydrogen) atoms. The Kier molecular flexibility index (Phi) is 4.07. The van der Waals surface area contributed by atoms with E-state index in [1.54, 1.807) is 25.7 Å². The van der Waals surface area contributed by atoms with E-state index in [-0.39, 0.29) is 19.1 Å². The molecule has 0 saturated carbocycles. The molecule has 0 aromatic carbocycles. The Morgan fingerprint density at radius 3 is 2.83 bits per heavy atom. The number of carbonyl (C=O) groups is 1. The Balaban J connectivity index is 1.85. The van der Waals surface area contributed by atoms with E-state index in [9.17, 15) is 15.0 Å². The molecular weight excluding hydrogens is 314 g/mol. The molecule has 0 amide bonds. The van der Waals surface area contributed by atoms with Crippen LogP contribution in [-0.4, -0.2) is 76.2 Å². The van der Waals surface area contributed by atoms with Crippen LogP contribution in [0.3, 0.4) is 0 Å². The molecule has 0 spiro atoms. The van der Waals surface area contributed by atoms with Gasteiger partial charge in [-0.15, -0.1) is 0 Å². The fraction of sp³-hybridized carbons (Fsp3) is 0.733. The number of ketones is 1. The summed E-state index contributed by atoms with van der Waals surface area (Å²) in [5, 5.41) is 19.1. The Bertz CT molecular complexity index is 638. The SMILES string of the molecule is CC(C)(C)C(=O)C1(N)N=CN=C2C1=NCN2[C@H]1C[C@H](O)[C@@H](CO)O1. The number of aliphatic hydroxyl groups excluding tert-OH is 2. The van der Waals surface area contributed by atoms with Crippen molar-refractivity contribution in [3.8, 4) is 0 Å². The third-order valence-electron chi connectivity index (χ3n) is 4.43. The summed E-state index contributed by atoms with van der Waals surface area (Å²) in [5.74, 6) is 0.181. The van der Waals surface area contributed by atoms with Crippen LogP contribution in [0, 0.1) is 5.41 Å². The second kappa shape index (κ2) is 5.69. The maximum Gasteiger partial charge on any atom is 0.215 e. The number of hydrogen-bond donors (Lipinski definition) is 3. The molecule has 1 unspecified atom stereocenters. The van der Waals surface area contributed by atoms with Gasteiger partial charge in [0.25, 0.3) is 0 Å². The van der Waals surface area contributed by atoms with Crippen LogP contribution in [0.25, 0.3) is 0 Å². The summed E-state index contributed by atoms with van der Waals surface area (Å²) < 4.78 is 5.65. The van der Waals surface area contributed by atoms with Gasteiger partial charge in [0.15, 0.2) is 11.6 Å². The predicted molar refractivity (Wildman–Crippen MR) is 87.8 cm³/mol. The van der Waals surface area contributed by atoms with E-state index in [2.05, 4.69) is 15.0 Å². The Hall–Kier alpha value is -1.68. The number of hydrogen-bond acceptors (Lipinski definition) is 9. The highest BCUT2D eigenvalue weighted by atomic mass is 16.5. The summed E-state index contributed by atoms with van der Waals surface area (Å²) in [4.78, 5) is 27.2. The molecule has 3 heterocycles. The molecule has 4 N–H and O–H groups in total. The molecule has 9 heteroatoms. The highest BCUT2D eigenvalue weighted by Gasteiger charge is 2.52. The summed E-state index contributed by atoms with van der Waals surface area (Å²) in [6.45, 7) is 5.28. The zero-order chi connectivity index (χ0) is 17.7. The van der Waals surface area contributed by atoms with Crippen LogP contribution >= 0.6 is 0 Å². The van der Waals surface area contributed by atoms with Crippen LogP contribution in [0.5, 0.6) is 0 Å². The molecule has 132 valence electrons. The summed E-state index contributed by atoms with van der Waals surface area (Å²) >= 11 is 0. The van der Waals surface area contributed by atoms with Gasteiger partial charge in [-0.05, 0) is 0 Å². The van der Waals surface area contributed by atoms with Gasteiger partial charge in [0.2, 0.25) is 5.66 Å². The smallest absolute Gasteiger partial charge is 0.215 e. The second-order valence-electron chi connectivity index (χ2n) is 7.28. The fourth-order valence-corrected chi connectivity index (χ4v) is 3.12. The molecule has 9 nitrogen and oxygen atoms in total. The van der Waals surface area contributed by atoms with Crippen molar-refractivity contribution in [1.29, 1.82) is 0 Å². The standard InChI is InChI=1S/C15H23N5O4/c1-14(2,3)13(23)15(16)11-12(17-6-19-15)20(7-18-11)10-4-8(22)9(5-21)24-10/h6,8-10,21-22H,4-5,7,16H2,1-3H3/t8-,9+,10+,15?/m0/s1. The summed E-state index contributed by atoms with van der Waals surface area (Å²) in [7, 11) is 0. The van der Waals surface area contributed by atoms with Crippen LogP contribution in [0.2, 0.25) is 0 Å². The molecule has 3 aliphatic rings. The quantitative estimate of drug-likeness (QED) is 0.597. The third kappa shape index (κ3) is 2.57. The van der Waals surface area contributed by atoms with E-state index in [1.165, 1.54) is 6.34 Å². The highest BCUT2D eigenvalue weighted by molar-refractivity contribution is 6.51. The van der Waals surface area contributed by atoms with Crippen molar-refractivity contribution in [1.82, 2.24) is 4.90 Å². The van der Waals surface area contributed by atoms with Gasteiger partial charge in [-0.25, -0.2) is 9.98 Å². The number of Topliss-reactive ketones (excluding diaryl/α,β-unsaturated/α-hetero) is 1. The molecule has 1 fully saturated rings. The highest BCUT2D eigenvalue weighted by Crippen LogP contribution is 2.31. The molecule has 3 aliphatic heterocycles. The minimum Gasteiger partial charge on any atom is -0.394 e. The lowest BCUT2D eigenvalue weighted by Crippen LogP contribution is -2.61. The maximum atomic E-state index is 12.8. The molecule has 1 saturated heterocycles. The number of amidine groups is 1. The van der Waals surface area contributed by atoms with E-state index in [0.29, 0.717) is 18.0 Å². The van der Waals surface area contributed by atoms with Crippen molar-refractivity contribution in [2.24, 2.45) is 26.1 Å². The van der Waals surface area contributed by atoms with Gasteiger partial charge in [0.05, 0.1) is 12.7 Å². The molecule has 0 bridgehead atoms. The van der Waals surface area contributed by atoms with E-state index < -0.39 is 29.5 Å². The molecule has 4 atom stereocenters. The van der Waals surface area contributed by atoms with E-state index in [0.717, 1.165) is 0 Å². The first-order valence-electron chi connectivity index (χ1n) is 7.90. The normalized spacial score (nSPS) is 35.8. The van der Waals surface area contributed by atoms with Crippen LogP contribution in [-0.2, 0) is 9.53 Å². The van der Waals surface area contributed by atoms with Crippen molar-refractivity contribution in [2.45, 2.75) is 51.3 Å². The Labute approximate surface area is 139 Å². The van der Waals surface area contributed by atoms with Gasteiger partial charge >= 0.3 is 0 Å². The summed E-state index contributed by atoms with van der Waals surface area (Å²) in [5.41, 5.74) is 4.36. The summed E-state index contributed by atoms with van der Waals surface area (Å²) in [6.07, 6.45) is -0.311. The first-order valence-corrected chi connectivity index (χ1v) is 7.90. The van der Waals surface area contributed by atoms with Gasteiger partial charge in [0.1, 0.15) is 31.1 Å². The summed E-state index contributed by atoms with van der Waals surface area (Å²) in [6, 6.07) is 0. The number of fused-ring (bicyclic) bond motifs is 1. The van der Waals surface area contributed by atoms with Gasteiger partial charge < -0.3 is 19.8 Å². The molecule has 0 aromatic heterocycles. The number of nitrogens with two attached hydrogens (primary N) is 1. The minimum absolute atomic E-state index is 0.212. The number of rotatable bonds is 3. The van der Waals surface area contributed by atoms with Crippen molar-refractivity contribution < 1.29 is 19.7 Å². The molecule has 0 aliphatic carbocycles. The van der Waals surface area contributed by atoms with Crippen LogP contribution < -0.4 is 5.73 Å². The number of nitrogens with zero attached hydrogens (tertiary/aromatic N) is 4. The zero-order valence-corrected chi connectivity index (χ0v) is 14.0. The maximum absolute atomic E-state index is 12.8. The van der Waals surface area contributed by atoms with Crippen molar-refractivity contribution >= 4 is 23.7 Å². The number of carbonyl (C=O) groups excluding carboxylic acids is 1. The molecule has 3 rings (SSSR count). The topological polar surface area (TPSA) is 133 Å². The van der Waals surface area contributed by atoms with Gasteiger partial charge in [-0.3, -0.25) is 15.5 Å². The lowest BCUT2D eigenvalue weighted by Gasteiger charge is -2.33. The lowest BCUT2D eigenvalue weighted by molar-refractivity contribution is -0.129. The van der Waals surface area contributed by atoms with Gasteiger partial charge in [0, 0.05) is 11.8 Å². The number of aliphatic imine (C=N–C) groups is 3. The van der Waals surface area contributed by atoms with Gasteiger partial charge in [-0.1, -0.05) is 20.8 Å². The van der Waals surface area contributed by atoms with Crippen LogP contribution in [0.1, 0.15) is 27.2 Å². The van der Waals surface area contributed by atoms with Gasteiger partial charge in [-0.2, -0.15) is 0 Å². The molecule has 0 radical (unpaired) electrons. The minimum atomic E-state index is -1.57. The lowest BCUT2D eigenvalue weighted by atomic mass is 9.80. The van der Waals surface area contributed by atoms with E-state index >= 15 is 0 Å². The van der Waals surface area contributed by atoms with Crippen LogP contribution in [0.15, 0.2) is 15.0 Å². The molecular formula is C15H23N5O4. The number of aliphatic hydroxyl groups is 2. The fourth-order valence-electron chi connectivity index (χ4n) is 3.12. The van der Waals surface area contributed by atoms with Crippen molar-refractivity contribution in [3.63, 3.8) is 0 Å². The average molecular weight is 337 g/mol. The average Bonchev–Trinajstić information content (AvgIpc) is 3.09. The van der Waals surface area contributed by atoms with E-state index in [1.807, 2.05) is 0 Å². The monoisotopic (exact) mass is 337 g/mol. The predicted octanol–water partition coefficient (Wildman–Crippen LogP) is -1.12. The first-order chi connectivity index (χ1) is 11.2. The van der Waals surface area contributed by atoms with E-state index in [4.69, 9.17) is 10.5 Å². The Morgan fingerprint density at radius 2 is 2.25 bits per heavy atom. The van der Waals surface area contributed by atoms with Crippen molar-refractivity contribution in [2.75, 3.05) is 13.3 Å². The zero-order valence-electron chi connectivity index (χ0n) is 14.0. The molecule has 0 aromatic rings.